The third-order valence-corrected chi connectivity index (χ3v) is 4.32. The van der Waals surface area contributed by atoms with E-state index < -0.39 is 0 Å². The minimum absolute atomic E-state index is 0.628. The van der Waals surface area contributed by atoms with Crippen LogP contribution in [0.15, 0.2) is 15.3 Å². The average Bonchev–Trinajstić information content (AvgIpc) is 3.07. The molecule has 0 unspecified atom stereocenters. The first-order valence-electron chi connectivity index (χ1n) is 6.42. The maximum Gasteiger partial charge on any atom is 0.240 e. The molecule has 0 radical (unpaired) electrons. The summed E-state index contributed by atoms with van der Waals surface area (Å²) in [5.74, 6) is 1.39. The molecule has 1 aliphatic rings. The Morgan fingerprint density at radius 3 is 2.94 bits per heavy atom. The second-order valence-electron chi connectivity index (χ2n) is 4.84. The molecule has 96 valence electrons. The number of nitrogens with zero attached hydrogens (tertiary/aromatic N) is 2. The fourth-order valence-electron chi connectivity index (χ4n) is 2.39. The molecule has 0 aromatic carbocycles. The van der Waals surface area contributed by atoms with Crippen molar-refractivity contribution >= 4 is 11.3 Å². The summed E-state index contributed by atoms with van der Waals surface area (Å²) in [6.45, 7) is 2.75. The molecule has 4 nitrogen and oxygen atoms in total. The summed E-state index contributed by atoms with van der Waals surface area (Å²) < 4.78 is 5.28. The summed E-state index contributed by atoms with van der Waals surface area (Å²) in [7, 11) is 0. The summed E-state index contributed by atoms with van der Waals surface area (Å²) in [6, 6.07) is 0.628. The van der Waals surface area contributed by atoms with Crippen LogP contribution in [0.25, 0.3) is 11.4 Å². The highest BCUT2D eigenvalue weighted by atomic mass is 32.1. The van der Waals surface area contributed by atoms with Gasteiger partial charge in [-0.2, -0.15) is 16.3 Å². The van der Waals surface area contributed by atoms with Gasteiger partial charge in [-0.3, -0.25) is 0 Å². The van der Waals surface area contributed by atoms with Gasteiger partial charge >= 0.3 is 0 Å². The van der Waals surface area contributed by atoms with E-state index in [2.05, 4.69) is 33.1 Å². The van der Waals surface area contributed by atoms with Gasteiger partial charge in [-0.1, -0.05) is 18.0 Å². The van der Waals surface area contributed by atoms with E-state index in [1.807, 2.05) is 0 Å². The normalized spacial score (nSPS) is 16.5. The van der Waals surface area contributed by atoms with E-state index in [1.165, 1.54) is 31.2 Å². The summed E-state index contributed by atoms with van der Waals surface area (Å²) in [5.41, 5.74) is 2.28. The van der Waals surface area contributed by atoms with Crippen molar-refractivity contribution in [2.24, 2.45) is 0 Å². The zero-order valence-corrected chi connectivity index (χ0v) is 11.3. The summed E-state index contributed by atoms with van der Waals surface area (Å²) in [5, 5.41) is 11.7. The van der Waals surface area contributed by atoms with Crippen LogP contribution >= 0.6 is 11.3 Å². The van der Waals surface area contributed by atoms with Gasteiger partial charge in [0.2, 0.25) is 11.7 Å². The monoisotopic (exact) mass is 263 g/mol. The highest BCUT2D eigenvalue weighted by molar-refractivity contribution is 7.08. The molecule has 1 fully saturated rings. The lowest BCUT2D eigenvalue weighted by molar-refractivity contribution is 0.357. The lowest BCUT2D eigenvalue weighted by atomic mass is 10.2. The van der Waals surface area contributed by atoms with Crippen LogP contribution in [0.1, 0.15) is 37.1 Å². The molecule has 1 N–H and O–H groups in total. The number of aromatic nitrogens is 2. The Hall–Kier alpha value is -1.20. The highest BCUT2D eigenvalue weighted by Gasteiger charge is 2.16. The molecular weight excluding hydrogens is 246 g/mol. The smallest absolute Gasteiger partial charge is 0.240 e. The number of aryl methyl sites for hydroxylation is 1. The van der Waals surface area contributed by atoms with Gasteiger partial charge in [-0.15, -0.1) is 0 Å². The van der Waals surface area contributed by atoms with E-state index in [1.54, 1.807) is 11.3 Å². The van der Waals surface area contributed by atoms with Crippen LogP contribution in [0.3, 0.4) is 0 Å². The fraction of sp³-hybridized carbons (Fsp3) is 0.538. The lowest BCUT2D eigenvalue weighted by Crippen LogP contribution is -2.25. The van der Waals surface area contributed by atoms with E-state index >= 15 is 0 Å². The molecule has 0 spiro atoms. The van der Waals surface area contributed by atoms with Gasteiger partial charge in [0.15, 0.2) is 0 Å². The van der Waals surface area contributed by atoms with Crippen molar-refractivity contribution in [2.45, 2.75) is 45.2 Å². The molecule has 2 aromatic rings. The summed E-state index contributed by atoms with van der Waals surface area (Å²) in [6.07, 6.45) is 5.21. The Bertz CT molecular complexity index is 514. The van der Waals surface area contributed by atoms with Crippen LogP contribution in [-0.4, -0.2) is 16.2 Å². The fourth-order valence-corrected chi connectivity index (χ4v) is 3.21. The molecule has 18 heavy (non-hydrogen) atoms. The molecule has 0 amide bonds. The Kier molecular flexibility index (Phi) is 3.43. The van der Waals surface area contributed by atoms with Gasteiger partial charge in [0.25, 0.3) is 0 Å². The van der Waals surface area contributed by atoms with Crippen LogP contribution in [0, 0.1) is 6.92 Å². The van der Waals surface area contributed by atoms with E-state index in [0.717, 1.165) is 5.56 Å². The summed E-state index contributed by atoms with van der Waals surface area (Å²) in [4.78, 5) is 4.44. The molecule has 2 aromatic heterocycles. The lowest BCUT2D eigenvalue weighted by Gasteiger charge is -2.08. The third kappa shape index (κ3) is 2.47. The zero-order chi connectivity index (χ0) is 12.4. The first kappa shape index (κ1) is 11.9. The number of hydrogen-bond donors (Lipinski definition) is 1. The van der Waals surface area contributed by atoms with Gasteiger partial charge in [0.1, 0.15) is 0 Å². The van der Waals surface area contributed by atoms with Gasteiger partial charge in [-0.25, -0.2) is 0 Å². The molecule has 2 heterocycles. The molecule has 0 saturated heterocycles. The van der Waals surface area contributed by atoms with Crippen LogP contribution in [0.2, 0.25) is 0 Å². The number of rotatable bonds is 4. The minimum atomic E-state index is 0.628. The van der Waals surface area contributed by atoms with Crippen molar-refractivity contribution < 1.29 is 4.52 Å². The molecule has 3 rings (SSSR count). The van der Waals surface area contributed by atoms with E-state index in [-0.39, 0.29) is 0 Å². The third-order valence-electron chi connectivity index (χ3n) is 3.46. The maximum absolute atomic E-state index is 5.28. The van der Waals surface area contributed by atoms with Crippen LogP contribution in [0.5, 0.6) is 0 Å². The maximum atomic E-state index is 5.28. The van der Waals surface area contributed by atoms with Crippen molar-refractivity contribution in [2.75, 3.05) is 0 Å². The van der Waals surface area contributed by atoms with Gasteiger partial charge in [-0.05, 0) is 30.7 Å². The highest BCUT2D eigenvalue weighted by Crippen LogP contribution is 2.24. The van der Waals surface area contributed by atoms with E-state index in [0.29, 0.717) is 24.3 Å². The van der Waals surface area contributed by atoms with Crippen molar-refractivity contribution in [1.82, 2.24) is 15.5 Å². The molecule has 0 aliphatic heterocycles. The van der Waals surface area contributed by atoms with Crippen molar-refractivity contribution in [3.05, 3.63) is 22.2 Å². The van der Waals surface area contributed by atoms with Crippen LogP contribution in [-0.2, 0) is 6.54 Å². The molecule has 1 aliphatic carbocycles. The van der Waals surface area contributed by atoms with Crippen LogP contribution < -0.4 is 5.32 Å². The molecule has 1 saturated carbocycles. The number of hydrogen-bond acceptors (Lipinski definition) is 5. The predicted octanol–water partition coefficient (Wildman–Crippen LogP) is 3.14. The molecule has 5 heteroatoms. The van der Waals surface area contributed by atoms with Crippen molar-refractivity contribution in [1.29, 1.82) is 0 Å². The largest absolute Gasteiger partial charge is 0.338 e. The number of nitrogens with one attached hydrogen (secondary N) is 1. The average molecular weight is 263 g/mol. The van der Waals surface area contributed by atoms with Crippen molar-refractivity contribution in [3.63, 3.8) is 0 Å². The van der Waals surface area contributed by atoms with E-state index in [9.17, 15) is 0 Å². The Morgan fingerprint density at radius 2 is 2.22 bits per heavy atom. The van der Waals surface area contributed by atoms with Crippen molar-refractivity contribution in [3.8, 4) is 11.4 Å². The zero-order valence-electron chi connectivity index (χ0n) is 10.5. The second kappa shape index (κ2) is 5.20. The molecular formula is C13H17N3OS. The number of thiophene rings is 1. The Labute approximate surface area is 110 Å². The minimum Gasteiger partial charge on any atom is -0.338 e. The summed E-state index contributed by atoms with van der Waals surface area (Å²) >= 11 is 1.67. The Balaban J connectivity index is 1.64. The first-order chi connectivity index (χ1) is 8.83. The SMILES string of the molecule is Cc1cscc1-c1noc(CNC2CCCC2)n1. The van der Waals surface area contributed by atoms with Gasteiger partial charge in [0.05, 0.1) is 6.54 Å². The van der Waals surface area contributed by atoms with Crippen LogP contribution in [0.4, 0.5) is 0 Å². The Morgan fingerprint density at radius 1 is 1.39 bits per heavy atom. The predicted molar refractivity (Wildman–Crippen MR) is 71.4 cm³/mol. The van der Waals surface area contributed by atoms with Gasteiger partial charge in [0, 0.05) is 17.0 Å². The first-order valence-corrected chi connectivity index (χ1v) is 7.36. The second-order valence-corrected chi connectivity index (χ2v) is 5.59. The standard InChI is InChI=1S/C13H17N3OS/c1-9-7-18-8-11(9)13-15-12(17-16-13)6-14-10-4-2-3-5-10/h7-8,10,14H,2-6H2,1H3. The van der Waals surface area contributed by atoms with Gasteiger partial charge < -0.3 is 9.84 Å². The molecule has 0 atom stereocenters. The van der Waals surface area contributed by atoms with E-state index in [4.69, 9.17) is 4.52 Å². The molecule has 0 bridgehead atoms. The quantitative estimate of drug-likeness (QED) is 0.920. The topological polar surface area (TPSA) is 51.0 Å².